The van der Waals surface area contributed by atoms with Crippen molar-refractivity contribution < 1.29 is 9.53 Å². The lowest BCUT2D eigenvalue weighted by Crippen LogP contribution is -2.44. The fourth-order valence-electron chi connectivity index (χ4n) is 1.49. The lowest BCUT2D eigenvalue weighted by Gasteiger charge is -2.23. The Bertz CT molecular complexity index is 242. The molecule has 1 atom stereocenters. The van der Waals surface area contributed by atoms with E-state index >= 15 is 0 Å². The molecule has 0 bridgehead atoms. The van der Waals surface area contributed by atoms with E-state index in [1.165, 1.54) is 17.9 Å². The number of amides is 1. The van der Waals surface area contributed by atoms with E-state index in [0.29, 0.717) is 0 Å². The van der Waals surface area contributed by atoms with Crippen molar-refractivity contribution in [1.82, 2.24) is 10.6 Å². The Morgan fingerprint density at radius 1 is 1.32 bits per heavy atom. The summed E-state index contributed by atoms with van der Waals surface area (Å²) in [6, 6.07) is 0.133. The SMILES string of the molecule is CCSCCCNCC(CC)NC(=O)OC(C)(C)C. The zero-order chi connectivity index (χ0) is 14.7. The van der Waals surface area contributed by atoms with Crippen molar-refractivity contribution in [2.75, 3.05) is 24.6 Å². The maximum Gasteiger partial charge on any atom is 0.407 e. The molecule has 0 aromatic carbocycles. The maximum atomic E-state index is 11.6. The monoisotopic (exact) mass is 290 g/mol. The van der Waals surface area contributed by atoms with Gasteiger partial charge in [-0.1, -0.05) is 13.8 Å². The summed E-state index contributed by atoms with van der Waals surface area (Å²) in [7, 11) is 0. The predicted octanol–water partition coefficient (Wildman–Crippen LogP) is 3.02. The van der Waals surface area contributed by atoms with E-state index in [1.54, 1.807) is 0 Å². The Labute approximate surface area is 122 Å². The van der Waals surface area contributed by atoms with Gasteiger partial charge in [0.15, 0.2) is 0 Å². The molecule has 0 aliphatic heterocycles. The van der Waals surface area contributed by atoms with Crippen LogP contribution in [-0.2, 0) is 4.74 Å². The zero-order valence-corrected chi connectivity index (χ0v) is 13.9. The first kappa shape index (κ1) is 18.6. The Balaban J connectivity index is 3.73. The minimum Gasteiger partial charge on any atom is -0.444 e. The van der Waals surface area contributed by atoms with Crippen LogP contribution in [0.3, 0.4) is 0 Å². The molecule has 0 aromatic heterocycles. The summed E-state index contributed by atoms with van der Waals surface area (Å²) in [6.07, 6.45) is 1.74. The van der Waals surface area contributed by atoms with Crippen molar-refractivity contribution in [3.63, 3.8) is 0 Å². The van der Waals surface area contributed by atoms with Gasteiger partial charge in [-0.2, -0.15) is 11.8 Å². The van der Waals surface area contributed by atoms with Crippen LogP contribution >= 0.6 is 11.8 Å². The molecule has 5 heteroatoms. The molecule has 4 nitrogen and oxygen atoms in total. The predicted molar refractivity (Wildman–Crippen MR) is 83.9 cm³/mol. The maximum absolute atomic E-state index is 11.6. The average molecular weight is 290 g/mol. The number of carbonyl (C=O) groups is 1. The third-order valence-electron chi connectivity index (χ3n) is 2.45. The van der Waals surface area contributed by atoms with Crippen molar-refractivity contribution in [3.8, 4) is 0 Å². The first-order valence-corrected chi connectivity index (χ1v) is 8.32. The molecule has 0 heterocycles. The summed E-state index contributed by atoms with van der Waals surface area (Å²) < 4.78 is 5.25. The lowest BCUT2D eigenvalue weighted by molar-refractivity contribution is 0.0502. The van der Waals surface area contributed by atoms with Crippen LogP contribution in [0.4, 0.5) is 4.79 Å². The highest BCUT2D eigenvalue weighted by molar-refractivity contribution is 7.99. The highest BCUT2D eigenvalue weighted by atomic mass is 32.2. The van der Waals surface area contributed by atoms with Crippen LogP contribution in [0, 0.1) is 0 Å². The molecule has 0 spiro atoms. The van der Waals surface area contributed by atoms with Crippen LogP contribution < -0.4 is 10.6 Å². The first-order valence-electron chi connectivity index (χ1n) is 7.17. The molecule has 0 fully saturated rings. The van der Waals surface area contributed by atoms with Crippen molar-refractivity contribution in [2.24, 2.45) is 0 Å². The van der Waals surface area contributed by atoms with E-state index in [4.69, 9.17) is 4.74 Å². The molecule has 0 radical (unpaired) electrons. The van der Waals surface area contributed by atoms with Crippen molar-refractivity contribution in [2.45, 2.75) is 59.1 Å². The molecular formula is C14H30N2O2S. The van der Waals surface area contributed by atoms with E-state index < -0.39 is 5.60 Å². The molecule has 2 N–H and O–H groups in total. The van der Waals surface area contributed by atoms with Crippen molar-refractivity contribution in [1.29, 1.82) is 0 Å². The van der Waals surface area contributed by atoms with Gasteiger partial charge in [-0.25, -0.2) is 4.79 Å². The van der Waals surface area contributed by atoms with Gasteiger partial charge in [-0.15, -0.1) is 0 Å². The largest absolute Gasteiger partial charge is 0.444 e. The number of ether oxygens (including phenoxy) is 1. The number of thioether (sulfide) groups is 1. The summed E-state index contributed by atoms with van der Waals surface area (Å²) in [4.78, 5) is 11.6. The van der Waals surface area contributed by atoms with Crippen LogP contribution in [0.25, 0.3) is 0 Å². The lowest BCUT2D eigenvalue weighted by atomic mass is 10.2. The quantitative estimate of drug-likeness (QED) is 0.641. The highest BCUT2D eigenvalue weighted by Crippen LogP contribution is 2.07. The second-order valence-electron chi connectivity index (χ2n) is 5.51. The van der Waals surface area contributed by atoms with Crippen molar-refractivity contribution in [3.05, 3.63) is 0 Å². The van der Waals surface area contributed by atoms with E-state index in [-0.39, 0.29) is 12.1 Å². The summed E-state index contributed by atoms with van der Waals surface area (Å²) in [5.74, 6) is 2.37. The number of hydrogen-bond donors (Lipinski definition) is 2. The van der Waals surface area contributed by atoms with Gasteiger partial charge in [0.2, 0.25) is 0 Å². The Morgan fingerprint density at radius 3 is 2.53 bits per heavy atom. The number of rotatable bonds is 9. The second kappa shape index (κ2) is 10.4. The molecule has 0 aromatic rings. The molecule has 1 amide bonds. The fourth-order valence-corrected chi connectivity index (χ4v) is 2.13. The Kier molecular flexibility index (Phi) is 10.1. The van der Waals surface area contributed by atoms with Crippen LogP contribution in [0.2, 0.25) is 0 Å². The summed E-state index contributed by atoms with van der Waals surface area (Å²) in [5.41, 5.74) is -0.437. The Hall–Kier alpha value is -0.420. The van der Waals surface area contributed by atoms with Crippen molar-refractivity contribution >= 4 is 17.9 Å². The smallest absolute Gasteiger partial charge is 0.407 e. The molecule has 0 aliphatic rings. The molecule has 0 rings (SSSR count). The van der Waals surface area contributed by atoms with E-state index in [0.717, 1.165) is 19.5 Å². The highest BCUT2D eigenvalue weighted by Gasteiger charge is 2.18. The minimum atomic E-state index is -0.437. The minimum absolute atomic E-state index is 0.133. The van der Waals surface area contributed by atoms with E-state index in [9.17, 15) is 4.79 Å². The number of carbonyl (C=O) groups excluding carboxylic acids is 1. The normalized spacial score (nSPS) is 13.1. The zero-order valence-electron chi connectivity index (χ0n) is 13.0. The Morgan fingerprint density at radius 2 is 2.00 bits per heavy atom. The standard InChI is InChI=1S/C14H30N2O2S/c1-6-12(11-15-9-8-10-19-7-2)16-13(17)18-14(3,4)5/h12,15H,6-11H2,1-5H3,(H,16,17). The van der Waals surface area contributed by atoms with Gasteiger partial charge >= 0.3 is 6.09 Å². The van der Waals surface area contributed by atoms with E-state index in [1.807, 2.05) is 32.5 Å². The van der Waals surface area contributed by atoms with Gasteiger partial charge in [0, 0.05) is 12.6 Å². The van der Waals surface area contributed by atoms with Gasteiger partial charge in [0.05, 0.1) is 0 Å². The van der Waals surface area contributed by atoms with Gasteiger partial charge in [-0.3, -0.25) is 0 Å². The number of nitrogens with one attached hydrogen (secondary N) is 2. The first-order chi connectivity index (χ1) is 8.89. The summed E-state index contributed by atoms with van der Waals surface area (Å²) >= 11 is 1.96. The molecule has 114 valence electrons. The number of alkyl carbamates (subject to hydrolysis) is 1. The molecule has 0 saturated heterocycles. The summed E-state index contributed by atoms with van der Waals surface area (Å²) in [6.45, 7) is 11.7. The van der Waals surface area contributed by atoms with Crippen LogP contribution in [-0.4, -0.2) is 42.3 Å². The van der Waals surface area contributed by atoms with Crippen LogP contribution in [0.1, 0.15) is 47.5 Å². The van der Waals surface area contributed by atoms with Gasteiger partial charge in [-0.05, 0) is 51.7 Å². The third-order valence-corrected chi connectivity index (χ3v) is 3.44. The molecule has 0 saturated carbocycles. The second-order valence-corrected chi connectivity index (χ2v) is 6.90. The van der Waals surface area contributed by atoms with Gasteiger partial charge in [0.25, 0.3) is 0 Å². The van der Waals surface area contributed by atoms with Crippen LogP contribution in [0.15, 0.2) is 0 Å². The van der Waals surface area contributed by atoms with Gasteiger partial charge < -0.3 is 15.4 Å². The fraction of sp³-hybridized carbons (Fsp3) is 0.929. The molecule has 0 aliphatic carbocycles. The van der Waals surface area contributed by atoms with Crippen LogP contribution in [0.5, 0.6) is 0 Å². The van der Waals surface area contributed by atoms with E-state index in [2.05, 4.69) is 24.5 Å². The number of hydrogen-bond acceptors (Lipinski definition) is 4. The topological polar surface area (TPSA) is 50.4 Å². The molecular weight excluding hydrogens is 260 g/mol. The van der Waals surface area contributed by atoms with Gasteiger partial charge in [0.1, 0.15) is 5.60 Å². The summed E-state index contributed by atoms with van der Waals surface area (Å²) in [5, 5.41) is 6.28. The average Bonchev–Trinajstić information content (AvgIpc) is 2.29. The molecule has 19 heavy (non-hydrogen) atoms. The molecule has 1 unspecified atom stereocenters. The third kappa shape index (κ3) is 12.4.